The minimum Gasteiger partial charge on any atom is -0.481 e. The van der Waals surface area contributed by atoms with E-state index in [9.17, 15) is 9.59 Å². The molecule has 1 heterocycles. The lowest BCUT2D eigenvalue weighted by Gasteiger charge is -2.40. The fraction of sp³-hybridized carbons (Fsp3) is 0.917. The van der Waals surface area contributed by atoms with Crippen LogP contribution in [0, 0.1) is 17.8 Å². The molecule has 0 spiro atoms. The second kappa shape index (κ2) is 13.6. The molecule has 1 unspecified atom stereocenters. The van der Waals surface area contributed by atoms with Gasteiger partial charge in [-0.25, -0.2) is 0 Å². The van der Waals surface area contributed by atoms with E-state index in [2.05, 4.69) is 21.3 Å². The molecule has 3 fully saturated rings. The van der Waals surface area contributed by atoms with E-state index in [1.54, 1.807) is 0 Å². The van der Waals surface area contributed by atoms with Crippen molar-refractivity contribution in [3.8, 4) is 0 Å². The first-order valence-electron chi connectivity index (χ1n) is 12.8. The van der Waals surface area contributed by atoms with E-state index in [1.165, 1.54) is 32.8 Å². The van der Waals surface area contributed by atoms with Gasteiger partial charge in [0.15, 0.2) is 0 Å². The molecule has 33 heavy (non-hydrogen) atoms. The highest BCUT2D eigenvalue weighted by Crippen LogP contribution is 2.32. The molecule has 0 aromatic heterocycles. The zero-order chi connectivity index (χ0) is 23.6. The topological polar surface area (TPSA) is 121 Å². The lowest BCUT2D eigenvalue weighted by molar-refractivity contribution is -0.148. The van der Waals surface area contributed by atoms with E-state index < -0.39 is 18.0 Å². The number of esters is 1. The Labute approximate surface area is 198 Å². The van der Waals surface area contributed by atoms with Gasteiger partial charge in [0.1, 0.15) is 12.3 Å². The Morgan fingerprint density at radius 3 is 2.21 bits per heavy atom. The van der Waals surface area contributed by atoms with Gasteiger partial charge in [-0.15, -0.1) is 0 Å². The van der Waals surface area contributed by atoms with E-state index in [0.29, 0.717) is 30.5 Å². The maximum absolute atomic E-state index is 11.7. The zero-order valence-corrected chi connectivity index (χ0v) is 20.3. The number of hydrogen-bond donors (Lipinski definition) is 5. The van der Waals surface area contributed by atoms with Crippen molar-refractivity contribution in [3.63, 3.8) is 0 Å². The highest BCUT2D eigenvalue weighted by Gasteiger charge is 2.31. The van der Waals surface area contributed by atoms with Crippen LogP contribution in [0.1, 0.15) is 64.2 Å². The van der Waals surface area contributed by atoms with Crippen LogP contribution in [-0.4, -0.2) is 75.4 Å². The molecule has 3 rings (SSSR count). The van der Waals surface area contributed by atoms with Crippen LogP contribution in [0.2, 0.25) is 0 Å². The van der Waals surface area contributed by atoms with Crippen molar-refractivity contribution < 1.29 is 24.2 Å². The normalized spacial score (nSPS) is 33.9. The maximum atomic E-state index is 11.7. The van der Waals surface area contributed by atoms with E-state index >= 15 is 0 Å². The predicted molar refractivity (Wildman–Crippen MR) is 126 cm³/mol. The first kappa shape index (κ1) is 26.3. The van der Waals surface area contributed by atoms with Gasteiger partial charge in [-0.3, -0.25) is 25.5 Å². The summed E-state index contributed by atoms with van der Waals surface area (Å²) in [5.74, 6) is 0.606. The highest BCUT2D eigenvalue weighted by atomic mass is 16.5. The molecular formula is C24H44N4O5. The Morgan fingerprint density at radius 2 is 1.64 bits per heavy atom. The van der Waals surface area contributed by atoms with Crippen molar-refractivity contribution >= 4 is 11.9 Å². The van der Waals surface area contributed by atoms with Crippen LogP contribution in [-0.2, 0) is 19.1 Å². The minimum atomic E-state index is -1.00. The molecule has 9 heteroatoms. The van der Waals surface area contributed by atoms with Crippen LogP contribution in [0.25, 0.3) is 0 Å². The molecule has 5 N–H and O–H groups in total. The number of carbonyl (C=O) groups is 2. The molecule has 9 nitrogen and oxygen atoms in total. The third-order valence-corrected chi connectivity index (χ3v) is 7.94. The SMILES string of the molecule is COC(=O)C(CC(=O)O)NCCC1CCC(NC2NCC(C3CCC(OC)CC3)CN2)CC1. The van der Waals surface area contributed by atoms with Gasteiger partial charge in [0, 0.05) is 26.2 Å². The number of hydrogen-bond acceptors (Lipinski definition) is 8. The Morgan fingerprint density at radius 1 is 0.970 bits per heavy atom. The summed E-state index contributed by atoms with van der Waals surface area (Å²) >= 11 is 0. The van der Waals surface area contributed by atoms with Crippen molar-refractivity contribution in [2.75, 3.05) is 33.9 Å². The van der Waals surface area contributed by atoms with Gasteiger partial charge >= 0.3 is 11.9 Å². The van der Waals surface area contributed by atoms with Crippen LogP contribution >= 0.6 is 0 Å². The summed E-state index contributed by atoms with van der Waals surface area (Å²) in [5.41, 5.74) is 0. The zero-order valence-electron chi connectivity index (χ0n) is 20.3. The van der Waals surface area contributed by atoms with E-state index in [0.717, 1.165) is 51.1 Å². The van der Waals surface area contributed by atoms with E-state index in [1.807, 2.05) is 7.11 Å². The predicted octanol–water partition coefficient (Wildman–Crippen LogP) is 1.43. The van der Waals surface area contributed by atoms with Crippen LogP contribution in [0.15, 0.2) is 0 Å². The van der Waals surface area contributed by atoms with Crippen LogP contribution in [0.5, 0.6) is 0 Å². The molecule has 0 aromatic rings. The van der Waals surface area contributed by atoms with Gasteiger partial charge in [-0.2, -0.15) is 0 Å². The van der Waals surface area contributed by atoms with E-state index in [-0.39, 0.29) is 12.7 Å². The molecule has 1 atom stereocenters. The Bertz CT molecular complexity index is 598. The fourth-order valence-corrected chi connectivity index (χ4v) is 5.80. The molecule has 1 aliphatic heterocycles. The second-order valence-corrected chi connectivity index (χ2v) is 10.1. The Hall–Kier alpha value is -1.26. The molecule has 0 radical (unpaired) electrons. The summed E-state index contributed by atoms with van der Waals surface area (Å²) in [5, 5.41) is 23.1. The fourth-order valence-electron chi connectivity index (χ4n) is 5.80. The molecule has 0 aromatic carbocycles. The van der Waals surface area contributed by atoms with Crippen LogP contribution in [0.4, 0.5) is 0 Å². The largest absolute Gasteiger partial charge is 0.481 e. The van der Waals surface area contributed by atoms with Crippen LogP contribution in [0.3, 0.4) is 0 Å². The average Bonchev–Trinajstić information content (AvgIpc) is 2.84. The third kappa shape index (κ3) is 8.47. The number of methoxy groups -OCH3 is 2. The molecule has 0 amide bonds. The number of carboxylic acids is 1. The van der Waals surface area contributed by atoms with E-state index in [4.69, 9.17) is 14.6 Å². The standard InChI is InChI=1S/C24H44N4O5/c1-32-20-9-5-17(6-10-20)18-14-26-24(27-15-18)28-19-7-3-16(4-8-19)11-12-25-21(13-22(29)30)23(31)33-2/h16-21,24-28H,3-15H2,1-2H3,(H,29,30). The Balaban J connectivity index is 1.28. The molecule has 2 aliphatic carbocycles. The van der Waals surface area contributed by atoms with Crippen molar-refractivity contribution in [1.29, 1.82) is 0 Å². The van der Waals surface area contributed by atoms with Crippen molar-refractivity contribution in [2.24, 2.45) is 17.8 Å². The minimum absolute atomic E-state index is 0.191. The van der Waals surface area contributed by atoms with Gasteiger partial charge < -0.3 is 19.9 Å². The summed E-state index contributed by atoms with van der Waals surface area (Å²) < 4.78 is 10.2. The number of aliphatic carboxylic acids is 1. The summed E-state index contributed by atoms with van der Waals surface area (Å²) in [6, 6.07) is -0.254. The lowest BCUT2D eigenvalue weighted by atomic mass is 9.78. The van der Waals surface area contributed by atoms with Gasteiger partial charge in [-0.1, -0.05) is 0 Å². The average molecular weight is 469 g/mol. The molecular weight excluding hydrogens is 424 g/mol. The number of carbonyl (C=O) groups excluding carboxylic acids is 1. The molecule has 1 saturated heterocycles. The summed E-state index contributed by atoms with van der Waals surface area (Å²) in [6.07, 6.45) is 10.9. The monoisotopic (exact) mass is 468 g/mol. The van der Waals surface area contributed by atoms with Crippen LogP contribution < -0.4 is 21.3 Å². The number of nitrogens with one attached hydrogen (secondary N) is 4. The van der Waals surface area contributed by atoms with Gasteiger partial charge in [0.05, 0.1) is 19.6 Å². The lowest BCUT2D eigenvalue weighted by Crippen LogP contribution is -2.63. The smallest absolute Gasteiger partial charge is 0.323 e. The summed E-state index contributed by atoms with van der Waals surface area (Å²) in [4.78, 5) is 22.7. The first-order valence-corrected chi connectivity index (χ1v) is 12.8. The molecule has 190 valence electrons. The highest BCUT2D eigenvalue weighted by molar-refractivity contribution is 5.81. The second-order valence-electron chi connectivity index (χ2n) is 10.1. The van der Waals surface area contributed by atoms with Gasteiger partial charge in [-0.05, 0) is 82.1 Å². The van der Waals surface area contributed by atoms with Crippen molar-refractivity contribution in [3.05, 3.63) is 0 Å². The molecule has 0 bridgehead atoms. The maximum Gasteiger partial charge on any atom is 0.323 e. The molecule has 2 saturated carbocycles. The quantitative estimate of drug-likeness (QED) is 0.287. The first-order chi connectivity index (χ1) is 16.0. The Kier molecular flexibility index (Phi) is 10.8. The summed E-state index contributed by atoms with van der Waals surface area (Å²) in [7, 11) is 3.12. The number of ether oxygens (including phenoxy) is 2. The number of rotatable bonds is 11. The van der Waals surface area contributed by atoms with Crippen molar-refractivity contribution in [2.45, 2.75) is 88.7 Å². The third-order valence-electron chi connectivity index (χ3n) is 7.94. The summed E-state index contributed by atoms with van der Waals surface area (Å²) in [6.45, 7) is 2.78. The van der Waals surface area contributed by atoms with Gasteiger partial charge in [0.25, 0.3) is 0 Å². The van der Waals surface area contributed by atoms with Crippen molar-refractivity contribution in [1.82, 2.24) is 21.3 Å². The number of carboxylic acid groups (broad SMARTS) is 1. The van der Waals surface area contributed by atoms with Gasteiger partial charge in [0.2, 0.25) is 0 Å². The molecule has 3 aliphatic rings.